The highest BCUT2D eigenvalue weighted by Crippen LogP contribution is 2.12. The first kappa shape index (κ1) is 15.4. The molecule has 1 aliphatic heterocycles. The molecule has 1 atom stereocenters. The predicted octanol–water partition coefficient (Wildman–Crippen LogP) is 2.17. The molecule has 1 aromatic carbocycles. The SMILES string of the molecule is CC(C)C(=O)N[C@H]1CCN(C(=O)OCc2ccccc2)C1. The molecule has 1 aliphatic rings. The Bertz CT molecular complexity index is 488. The normalized spacial score (nSPS) is 17.9. The first-order chi connectivity index (χ1) is 10.1. The minimum Gasteiger partial charge on any atom is -0.445 e. The lowest BCUT2D eigenvalue weighted by Gasteiger charge is -2.17. The van der Waals surface area contributed by atoms with E-state index in [1.54, 1.807) is 4.90 Å². The summed E-state index contributed by atoms with van der Waals surface area (Å²) in [4.78, 5) is 25.3. The van der Waals surface area contributed by atoms with Gasteiger partial charge < -0.3 is 15.0 Å². The van der Waals surface area contributed by atoms with Gasteiger partial charge in [0, 0.05) is 25.0 Å². The van der Waals surface area contributed by atoms with Crippen molar-refractivity contribution in [3.8, 4) is 0 Å². The van der Waals surface area contributed by atoms with E-state index < -0.39 is 0 Å². The minimum atomic E-state index is -0.319. The third-order valence-electron chi connectivity index (χ3n) is 3.52. The Morgan fingerprint density at radius 2 is 2.05 bits per heavy atom. The number of rotatable bonds is 4. The molecule has 0 unspecified atom stereocenters. The van der Waals surface area contributed by atoms with Gasteiger partial charge in [-0.25, -0.2) is 4.79 Å². The van der Waals surface area contributed by atoms with Gasteiger partial charge in [-0.15, -0.1) is 0 Å². The molecule has 5 nitrogen and oxygen atoms in total. The number of benzene rings is 1. The Balaban J connectivity index is 1.76. The summed E-state index contributed by atoms with van der Waals surface area (Å²) in [6.07, 6.45) is 0.457. The number of amides is 2. The van der Waals surface area contributed by atoms with Crippen molar-refractivity contribution in [3.05, 3.63) is 35.9 Å². The van der Waals surface area contributed by atoms with E-state index in [1.165, 1.54) is 0 Å². The van der Waals surface area contributed by atoms with E-state index in [0.717, 1.165) is 12.0 Å². The zero-order chi connectivity index (χ0) is 15.2. The fraction of sp³-hybridized carbons (Fsp3) is 0.500. The lowest BCUT2D eigenvalue weighted by molar-refractivity contribution is -0.124. The fourth-order valence-electron chi connectivity index (χ4n) is 2.22. The molecule has 0 spiro atoms. The number of nitrogens with one attached hydrogen (secondary N) is 1. The van der Waals surface area contributed by atoms with Crippen LogP contribution in [0, 0.1) is 5.92 Å². The Morgan fingerprint density at radius 1 is 1.33 bits per heavy atom. The number of carbonyl (C=O) groups excluding carboxylic acids is 2. The second kappa shape index (κ2) is 7.11. The molecule has 2 amide bonds. The second-order valence-electron chi connectivity index (χ2n) is 5.64. The van der Waals surface area contributed by atoms with Crippen molar-refractivity contribution >= 4 is 12.0 Å². The molecule has 0 aromatic heterocycles. The molecule has 0 aliphatic carbocycles. The van der Waals surface area contributed by atoms with Crippen molar-refractivity contribution in [1.82, 2.24) is 10.2 Å². The van der Waals surface area contributed by atoms with Crippen LogP contribution >= 0.6 is 0 Å². The second-order valence-corrected chi connectivity index (χ2v) is 5.64. The van der Waals surface area contributed by atoms with E-state index in [1.807, 2.05) is 44.2 Å². The monoisotopic (exact) mass is 290 g/mol. The van der Waals surface area contributed by atoms with Crippen LogP contribution in [0.15, 0.2) is 30.3 Å². The molecule has 1 fully saturated rings. The standard InChI is InChI=1S/C16H22N2O3/c1-12(2)15(19)17-14-8-9-18(10-14)16(20)21-11-13-6-4-3-5-7-13/h3-7,12,14H,8-11H2,1-2H3,(H,17,19)/t14-/m0/s1. The molecule has 0 radical (unpaired) electrons. The van der Waals surface area contributed by atoms with Gasteiger partial charge in [-0.05, 0) is 12.0 Å². The van der Waals surface area contributed by atoms with Gasteiger partial charge in [0.05, 0.1) is 0 Å². The molecule has 1 aromatic rings. The maximum absolute atomic E-state index is 12.0. The van der Waals surface area contributed by atoms with Gasteiger partial charge >= 0.3 is 6.09 Å². The summed E-state index contributed by atoms with van der Waals surface area (Å²) in [5, 5.41) is 2.95. The van der Waals surface area contributed by atoms with Crippen LogP contribution in [-0.4, -0.2) is 36.0 Å². The summed E-state index contributed by atoms with van der Waals surface area (Å²) in [7, 11) is 0. The van der Waals surface area contributed by atoms with Crippen molar-refractivity contribution in [1.29, 1.82) is 0 Å². The van der Waals surface area contributed by atoms with E-state index in [-0.39, 0.29) is 30.6 Å². The van der Waals surface area contributed by atoms with Crippen LogP contribution in [0.2, 0.25) is 0 Å². The molecule has 1 heterocycles. The maximum atomic E-state index is 12.0. The Kier molecular flexibility index (Phi) is 5.20. The van der Waals surface area contributed by atoms with Gasteiger partial charge in [0.1, 0.15) is 6.61 Å². The van der Waals surface area contributed by atoms with Crippen molar-refractivity contribution in [2.24, 2.45) is 5.92 Å². The molecule has 114 valence electrons. The van der Waals surface area contributed by atoms with E-state index in [9.17, 15) is 9.59 Å². The first-order valence-electron chi connectivity index (χ1n) is 7.32. The van der Waals surface area contributed by atoms with E-state index in [4.69, 9.17) is 4.74 Å². The largest absolute Gasteiger partial charge is 0.445 e. The molecule has 0 bridgehead atoms. The number of nitrogens with zero attached hydrogens (tertiary/aromatic N) is 1. The molecule has 2 rings (SSSR count). The van der Waals surface area contributed by atoms with Crippen LogP contribution in [0.5, 0.6) is 0 Å². The maximum Gasteiger partial charge on any atom is 0.410 e. The van der Waals surface area contributed by atoms with Crippen LogP contribution < -0.4 is 5.32 Å². The van der Waals surface area contributed by atoms with Crippen molar-refractivity contribution in [2.45, 2.75) is 32.9 Å². The van der Waals surface area contributed by atoms with Crippen LogP contribution in [0.25, 0.3) is 0 Å². The smallest absolute Gasteiger partial charge is 0.410 e. The van der Waals surface area contributed by atoms with Gasteiger partial charge in [-0.3, -0.25) is 4.79 Å². The summed E-state index contributed by atoms with van der Waals surface area (Å²) in [5.74, 6) is -0.0106. The summed E-state index contributed by atoms with van der Waals surface area (Å²) < 4.78 is 5.29. The van der Waals surface area contributed by atoms with Crippen molar-refractivity contribution < 1.29 is 14.3 Å². The summed E-state index contributed by atoms with van der Waals surface area (Å²) >= 11 is 0. The van der Waals surface area contributed by atoms with E-state index in [0.29, 0.717) is 13.1 Å². The van der Waals surface area contributed by atoms with Crippen LogP contribution in [0.3, 0.4) is 0 Å². The molecular formula is C16H22N2O3. The number of hydrogen-bond donors (Lipinski definition) is 1. The topological polar surface area (TPSA) is 58.6 Å². The number of ether oxygens (including phenoxy) is 1. The summed E-state index contributed by atoms with van der Waals surface area (Å²) in [6, 6.07) is 9.62. The molecule has 0 saturated carbocycles. The molecular weight excluding hydrogens is 268 g/mol. The predicted molar refractivity (Wildman–Crippen MR) is 79.6 cm³/mol. The first-order valence-corrected chi connectivity index (χ1v) is 7.32. The average molecular weight is 290 g/mol. The van der Waals surface area contributed by atoms with Crippen LogP contribution in [0.1, 0.15) is 25.8 Å². The minimum absolute atomic E-state index is 0.0273. The average Bonchev–Trinajstić information content (AvgIpc) is 2.94. The van der Waals surface area contributed by atoms with Crippen molar-refractivity contribution in [2.75, 3.05) is 13.1 Å². The molecule has 21 heavy (non-hydrogen) atoms. The van der Waals surface area contributed by atoms with E-state index >= 15 is 0 Å². The van der Waals surface area contributed by atoms with Crippen molar-refractivity contribution in [3.63, 3.8) is 0 Å². The molecule has 1 N–H and O–H groups in total. The number of carbonyl (C=O) groups is 2. The summed E-state index contributed by atoms with van der Waals surface area (Å²) in [5.41, 5.74) is 0.967. The van der Waals surface area contributed by atoms with Gasteiger partial charge in [0.2, 0.25) is 5.91 Å². The van der Waals surface area contributed by atoms with Crippen LogP contribution in [-0.2, 0) is 16.1 Å². The quantitative estimate of drug-likeness (QED) is 0.924. The highest BCUT2D eigenvalue weighted by Gasteiger charge is 2.28. The third-order valence-corrected chi connectivity index (χ3v) is 3.52. The van der Waals surface area contributed by atoms with Crippen LogP contribution in [0.4, 0.5) is 4.79 Å². The zero-order valence-electron chi connectivity index (χ0n) is 12.5. The fourth-order valence-corrected chi connectivity index (χ4v) is 2.22. The lowest BCUT2D eigenvalue weighted by Crippen LogP contribution is -2.40. The molecule has 1 saturated heterocycles. The Labute approximate surface area is 125 Å². The number of hydrogen-bond acceptors (Lipinski definition) is 3. The highest BCUT2D eigenvalue weighted by atomic mass is 16.6. The number of likely N-dealkylation sites (tertiary alicyclic amines) is 1. The Hall–Kier alpha value is -2.04. The van der Waals surface area contributed by atoms with E-state index in [2.05, 4.69) is 5.32 Å². The van der Waals surface area contributed by atoms with Gasteiger partial charge in [-0.1, -0.05) is 44.2 Å². The third kappa shape index (κ3) is 4.48. The molecule has 5 heteroatoms. The Morgan fingerprint density at radius 3 is 2.71 bits per heavy atom. The van der Waals surface area contributed by atoms with Gasteiger partial charge in [0.15, 0.2) is 0 Å². The lowest BCUT2D eigenvalue weighted by atomic mass is 10.2. The van der Waals surface area contributed by atoms with Gasteiger partial charge in [0.25, 0.3) is 0 Å². The van der Waals surface area contributed by atoms with Gasteiger partial charge in [-0.2, -0.15) is 0 Å². The summed E-state index contributed by atoms with van der Waals surface area (Å²) in [6.45, 7) is 5.13. The highest BCUT2D eigenvalue weighted by molar-refractivity contribution is 5.78. The zero-order valence-corrected chi connectivity index (χ0v) is 12.5.